The molecule has 0 aliphatic carbocycles. The topological polar surface area (TPSA) is 47.6 Å². The van der Waals surface area contributed by atoms with Gasteiger partial charge in [0.05, 0.1) is 0 Å². The number of urea groups is 1. The number of benzene rings is 1. The maximum absolute atomic E-state index is 12.2. The molecule has 0 saturated carbocycles. The predicted molar refractivity (Wildman–Crippen MR) is 108 cm³/mol. The van der Waals surface area contributed by atoms with E-state index in [4.69, 9.17) is 0 Å². The zero-order valence-corrected chi connectivity index (χ0v) is 16.3. The summed E-state index contributed by atoms with van der Waals surface area (Å²) in [5.74, 6) is 1.30. The Morgan fingerprint density at radius 2 is 2.00 bits per heavy atom. The van der Waals surface area contributed by atoms with Crippen LogP contribution >= 0.6 is 0 Å². The smallest absolute Gasteiger partial charge is 0.315 e. The van der Waals surface area contributed by atoms with E-state index in [1.54, 1.807) is 0 Å². The number of piperidine rings is 1. The molecule has 3 rings (SSSR count). The van der Waals surface area contributed by atoms with Gasteiger partial charge in [0, 0.05) is 44.5 Å². The molecule has 2 heterocycles. The predicted octanol–water partition coefficient (Wildman–Crippen LogP) is 2.93. The van der Waals surface area contributed by atoms with E-state index in [-0.39, 0.29) is 12.1 Å². The minimum absolute atomic E-state index is 0.0271. The summed E-state index contributed by atoms with van der Waals surface area (Å²) < 4.78 is 0. The average Bonchev–Trinajstić information content (AvgIpc) is 3.10. The Morgan fingerprint density at radius 3 is 2.77 bits per heavy atom. The van der Waals surface area contributed by atoms with Crippen LogP contribution < -0.4 is 15.5 Å². The molecule has 5 nitrogen and oxygen atoms in total. The number of para-hydroxylation sites is 1. The maximum Gasteiger partial charge on any atom is 0.315 e. The third kappa shape index (κ3) is 5.63. The lowest BCUT2D eigenvalue weighted by Crippen LogP contribution is -2.48. The normalized spacial score (nSPS) is 25.1. The molecule has 3 atom stereocenters. The van der Waals surface area contributed by atoms with E-state index in [1.807, 2.05) is 0 Å². The quantitative estimate of drug-likeness (QED) is 0.822. The first-order valence-corrected chi connectivity index (χ1v) is 10.2. The highest BCUT2D eigenvalue weighted by Crippen LogP contribution is 2.22. The van der Waals surface area contributed by atoms with Crippen molar-refractivity contribution in [2.45, 2.75) is 39.2 Å². The molecule has 0 radical (unpaired) electrons. The van der Waals surface area contributed by atoms with Gasteiger partial charge in [0.15, 0.2) is 0 Å². The molecule has 144 valence electrons. The second-order valence-electron chi connectivity index (χ2n) is 8.20. The van der Waals surface area contributed by atoms with Crippen LogP contribution in [0, 0.1) is 11.8 Å². The SMILES string of the molecule is C[C@@H]1CCCN(C[C@H](C)NC(=O)NC[C@@H]2CCN(c3ccccc3)C2)C1. The number of nitrogens with zero attached hydrogens (tertiary/aromatic N) is 2. The van der Waals surface area contributed by atoms with Crippen LogP contribution in [0.25, 0.3) is 0 Å². The molecule has 5 heteroatoms. The van der Waals surface area contributed by atoms with Crippen molar-refractivity contribution in [3.05, 3.63) is 30.3 Å². The summed E-state index contributed by atoms with van der Waals surface area (Å²) >= 11 is 0. The van der Waals surface area contributed by atoms with Crippen LogP contribution in [-0.4, -0.2) is 56.2 Å². The van der Waals surface area contributed by atoms with E-state index in [9.17, 15) is 4.79 Å². The van der Waals surface area contributed by atoms with Crippen molar-refractivity contribution in [3.8, 4) is 0 Å². The Labute approximate surface area is 158 Å². The van der Waals surface area contributed by atoms with E-state index in [2.05, 4.69) is 64.6 Å². The van der Waals surface area contributed by atoms with Gasteiger partial charge in [0.25, 0.3) is 0 Å². The van der Waals surface area contributed by atoms with Gasteiger partial charge >= 0.3 is 6.03 Å². The first-order valence-electron chi connectivity index (χ1n) is 10.2. The number of carbonyl (C=O) groups is 1. The minimum Gasteiger partial charge on any atom is -0.371 e. The number of amides is 2. The lowest BCUT2D eigenvalue weighted by atomic mass is 10.00. The molecule has 0 spiro atoms. The van der Waals surface area contributed by atoms with E-state index in [0.29, 0.717) is 5.92 Å². The summed E-state index contributed by atoms with van der Waals surface area (Å²) in [4.78, 5) is 17.1. The Balaban J connectivity index is 1.34. The van der Waals surface area contributed by atoms with Crippen LogP contribution in [-0.2, 0) is 0 Å². The van der Waals surface area contributed by atoms with Crippen LogP contribution in [0.1, 0.15) is 33.1 Å². The monoisotopic (exact) mass is 358 g/mol. The second-order valence-corrected chi connectivity index (χ2v) is 8.20. The molecule has 2 aliphatic rings. The standard InChI is InChI=1S/C21H34N4O/c1-17-7-6-11-24(14-17)15-18(2)23-21(26)22-13-19-10-12-25(16-19)20-8-4-3-5-9-20/h3-5,8-9,17-19H,6-7,10-16H2,1-2H3,(H2,22,23,26)/t17-,18+,19+/m1/s1. The van der Waals surface area contributed by atoms with Crippen molar-refractivity contribution < 1.29 is 4.79 Å². The molecule has 0 aromatic heterocycles. The molecule has 2 aliphatic heterocycles. The molecule has 1 aromatic rings. The minimum atomic E-state index is -0.0271. The summed E-state index contributed by atoms with van der Waals surface area (Å²) in [7, 11) is 0. The highest BCUT2D eigenvalue weighted by atomic mass is 16.2. The van der Waals surface area contributed by atoms with Crippen molar-refractivity contribution in [2.75, 3.05) is 44.2 Å². The summed E-state index contributed by atoms with van der Waals surface area (Å²) in [5.41, 5.74) is 1.28. The van der Waals surface area contributed by atoms with E-state index < -0.39 is 0 Å². The number of nitrogens with one attached hydrogen (secondary N) is 2. The third-order valence-corrected chi connectivity index (χ3v) is 5.61. The highest BCUT2D eigenvalue weighted by molar-refractivity contribution is 5.74. The van der Waals surface area contributed by atoms with Gasteiger partial charge in [-0.15, -0.1) is 0 Å². The van der Waals surface area contributed by atoms with Crippen LogP contribution in [0.4, 0.5) is 10.5 Å². The van der Waals surface area contributed by atoms with Crippen molar-refractivity contribution in [3.63, 3.8) is 0 Å². The molecule has 2 fully saturated rings. The Bertz CT molecular complexity index is 564. The molecular formula is C21H34N4O. The van der Waals surface area contributed by atoms with Crippen molar-refractivity contribution in [1.29, 1.82) is 0 Å². The first kappa shape index (κ1) is 19.0. The molecule has 0 unspecified atom stereocenters. The summed E-state index contributed by atoms with van der Waals surface area (Å²) in [6.07, 6.45) is 3.75. The van der Waals surface area contributed by atoms with Crippen LogP contribution in [0.5, 0.6) is 0 Å². The molecule has 2 N–H and O–H groups in total. The number of hydrogen-bond acceptors (Lipinski definition) is 3. The van der Waals surface area contributed by atoms with Gasteiger partial charge < -0.3 is 20.4 Å². The molecule has 26 heavy (non-hydrogen) atoms. The van der Waals surface area contributed by atoms with Crippen molar-refractivity contribution in [1.82, 2.24) is 15.5 Å². The molecule has 2 saturated heterocycles. The Kier molecular flexibility index (Phi) is 6.78. The lowest BCUT2D eigenvalue weighted by Gasteiger charge is -2.32. The molecule has 2 amide bonds. The van der Waals surface area contributed by atoms with Gasteiger partial charge in [-0.3, -0.25) is 0 Å². The maximum atomic E-state index is 12.2. The number of carbonyl (C=O) groups excluding carboxylic acids is 1. The Morgan fingerprint density at radius 1 is 1.19 bits per heavy atom. The van der Waals surface area contributed by atoms with Crippen LogP contribution in [0.15, 0.2) is 30.3 Å². The van der Waals surface area contributed by atoms with Crippen molar-refractivity contribution >= 4 is 11.7 Å². The highest BCUT2D eigenvalue weighted by Gasteiger charge is 2.23. The van der Waals surface area contributed by atoms with E-state index in [1.165, 1.54) is 18.5 Å². The molecular weight excluding hydrogens is 324 g/mol. The number of anilines is 1. The van der Waals surface area contributed by atoms with Gasteiger partial charge in [-0.05, 0) is 56.7 Å². The van der Waals surface area contributed by atoms with Crippen LogP contribution in [0.2, 0.25) is 0 Å². The zero-order chi connectivity index (χ0) is 18.4. The third-order valence-electron chi connectivity index (χ3n) is 5.61. The molecule has 1 aromatic carbocycles. The Hall–Kier alpha value is -1.75. The fourth-order valence-electron chi connectivity index (χ4n) is 4.27. The van der Waals surface area contributed by atoms with E-state index in [0.717, 1.165) is 51.6 Å². The summed E-state index contributed by atoms with van der Waals surface area (Å²) in [5, 5.41) is 6.18. The van der Waals surface area contributed by atoms with Gasteiger partial charge in [-0.2, -0.15) is 0 Å². The van der Waals surface area contributed by atoms with Gasteiger partial charge in [0.2, 0.25) is 0 Å². The second kappa shape index (κ2) is 9.26. The van der Waals surface area contributed by atoms with Gasteiger partial charge in [-0.25, -0.2) is 4.79 Å². The van der Waals surface area contributed by atoms with Gasteiger partial charge in [0.1, 0.15) is 0 Å². The zero-order valence-electron chi connectivity index (χ0n) is 16.3. The first-order chi connectivity index (χ1) is 12.6. The van der Waals surface area contributed by atoms with Crippen molar-refractivity contribution in [2.24, 2.45) is 11.8 Å². The lowest BCUT2D eigenvalue weighted by molar-refractivity contribution is 0.169. The number of hydrogen-bond donors (Lipinski definition) is 2. The fraction of sp³-hybridized carbons (Fsp3) is 0.667. The largest absolute Gasteiger partial charge is 0.371 e. The average molecular weight is 359 g/mol. The van der Waals surface area contributed by atoms with E-state index >= 15 is 0 Å². The summed E-state index contributed by atoms with van der Waals surface area (Å²) in [6.45, 7) is 10.5. The number of rotatable bonds is 6. The number of likely N-dealkylation sites (tertiary alicyclic amines) is 1. The molecule has 0 bridgehead atoms. The fourth-order valence-corrected chi connectivity index (χ4v) is 4.27. The van der Waals surface area contributed by atoms with Gasteiger partial charge in [-0.1, -0.05) is 25.1 Å². The van der Waals surface area contributed by atoms with Crippen LogP contribution in [0.3, 0.4) is 0 Å². The summed E-state index contributed by atoms with van der Waals surface area (Å²) in [6, 6.07) is 10.7.